The molecule has 7 heteroatoms. The van der Waals surface area contributed by atoms with Crippen LogP contribution in [-0.4, -0.2) is 58.4 Å². The summed E-state index contributed by atoms with van der Waals surface area (Å²) in [5.41, 5.74) is 0.600. The molecule has 2 aliphatic heterocycles. The Labute approximate surface area is 140 Å². The molecule has 3 amide bonds. The fraction of sp³-hybridized carbons (Fsp3) is 0.529. The van der Waals surface area contributed by atoms with Crippen LogP contribution in [0, 0.1) is 11.3 Å². The predicted octanol–water partition coefficient (Wildman–Crippen LogP) is 1.35. The Morgan fingerprint density at radius 3 is 2.54 bits per heavy atom. The number of urea groups is 1. The van der Waals surface area contributed by atoms with E-state index in [1.807, 2.05) is 0 Å². The average molecular weight is 325 g/mol. The van der Waals surface area contributed by atoms with Gasteiger partial charge in [-0.3, -0.25) is 9.69 Å². The Bertz CT molecular complexity index is 716. The molecule has 3 heterocycles. The van der Waals surface area contributed by atoms with Crippen LogP contribution in [0.15, 0.2) is 18.3 Å². The molecule has 0 unspecified atom stereocenters. The zero-order chi connectivity index (χ0) is 16.7. The summed E-state index contributed by atoms with van der Waals surface area (Å²) in [7, 11) is 0. The molecule has 7 nitrogen and oxygen atoms in total. The third kappa shape index (κ3) is 2.58. The lowest BCUT2D eigenvalue weighted by molar-refractivity contribution is -0.125. The molecule has 124 valence electrons. The molecule has 0 aromatic carbocycles. The van der Waals surface area contributed by atoms with Crippen LogP contribution in [0.25, 0.3) is 0 Å². The number of pyridine rings is 1. The summed E-state index contributed by atoms with van der Waals surface area (Å²) in [4.78, 5) is 34.3. The van der Waals surface area contributed by atoms with Gasteiger partial charge in [-0.25, -0.2) is 9.78 Å². The van der Waals surface area contributed by atoms with Crippen LogP contribution in [0.2, 0.25) is 0 Å². The predicted molar refractivity (Wildman–Crippen MR) is 86.2 cm³/mol. The van der Waals surface area contributed by atoms with Gasteiger partial charge in [0.05, 0.1) is 11.6 Å². The van der Waals surface area contributed by atoms with Gasteiger partial charge in [0.25, 0.3) is 5.91 Å². The van der Waals surface area contributed by atoms with Crippen LogP contribution in [0.1, 0.15) is 31.2 Å². The Kier molecular flexibility index (Phi) is 3.60. The van der Waals surface area contributed by atoms with Crippen molar-refractivity contribution in [1.82, 2.24) is 14.8 Å². The number of imide groups is 1. The maximum atomic E-state index is 12.5. The van der Waals surface area contributed by atoms with E-state index in [1.165, 1.54) is 4.90 Å². The van der Waals surface area contributed by atoms with Gasteiger partial charge in [-0.1, -0.05) is 0 Å². The monoisotopic (exact) mass is 325 g/mol. The highest BCUT2D eigenvalue weighted by Gasteiger charge is 2.47. The number of amides is 3. The van der Waals surface area contributed by atoms with Crippen molar-refractivity contribution in [3.63, 3.8) is 0 Å². The molecule has 2 saturated heterocycles. The van der Waals surface area contributed by atoms with Crippen LogP contribution in [-0.2, 0) is 4.79 Å². The van der Waals surface area contributed by atoms with Crippen molar-refractivity contribution >= 4 is 17.8 Å². The van der Waals surface area contributed by atoms with E-state index in [9.17, 15) is 9.59 Å². The van der Waals surface area contributed by atoms with Crippen molar-refractivity contribution in [3.05, 3.63) is 23.9 Å². The van der Waals surface area contributed by atoms with Gasteiger partial charge < -0.3 is 9.80 Å². The number of carbonyl (C=O) groups is 2. The highest BCUT2D eigenvalue weighted by molar-refractivity contribution is 6.02. The van der Waals surface area contributed by atoms with Gasteiger partial charge >= 0.3 is 6.03 Å². The highest BCUT2D eigenvalue weighted by atomic mass is 16.2. The van der Waals surface area contributed by atoms with Crippen LogP contribution in [0.3, 0.4) is 0 Å². The van der Waals surface area contributed by atoms with Crippen molar-refractivity contribution in [2.24, 2.45) is 0 Å². The number of nitriles is 1. The molecule has 0 N–H and O–H groups in total. The van der Waals surface area contributed by atoms with E-state index in [-0.39, 0.29) is 30.6 Å². The number of piperidine rings is 1. The molecule has 1 saturated carbocycles. The van der Waals surface area contributed by atoms with E-state index >= 15 is 0 Å². The molecule has 0 atom stereocenters. The number of hydrogen-bond donors (Lipinski definition) is 0. The van der Waals surface area contributed by atoms with Crippen molar-refractivity contribution < 1.29 is 9.59 Å². The first-order chi connectivity index (χ1) is 11.7. The third-order valence-electron chi connectivity index (χ3n) is 5.04. The largest absolute Gasteiger partial charge is 0.356 e. The van der Waals surface area contributed by atoms with E-state index in [1.54, 1.807) is 23.2 Å². The summed E-state index contributed by atoms with van der Waals surface area (Å²) in [6, 6.07) is 5.76. The minimum absolute atomic E-state index is 0.0479. The lowest BCUT2D eigenvalue weighted by Gasteiger charge is -2.36. The van der Waals surface area contributed by atoms with E-state index < -0.39 is 0 Å². The summed E-state index contributed by atoms with van der Waals surface area (Å²) >= 11 is 0. The fourth-order valence-electron chi connectivity index (χ4n) is 3.58. The topological polar surface area (TPSA) is 80.5 Å². The standard InChI is InChI=1S/C17H19N5O2/c18-10-12-3-6-19-15(9-12)20-7-4-13(5-8-20)21-11-16(23)22(17(21)24)14-1-2-14/h3,6,9,13-14H,1-2,4-5,7-8,11H2. The van der Waals surface area contributed by atoms with E-state index in [4.69, 9.17) is 5.26 Å². The number of hydrogen-bond acceptors (Lipinski definition) is 5. The first kappa shape index (κ1) is 14.9. The molecule has 1 aromatic rings. The van der Waals surface area contributed by atoms with Crippen LogP contribution in [0.5, 0.6) is 0 Å². The molecule has 0 radical (unpaired) electrons. The van der Waals surface area contributed by atoms with Gasteiger partial charge in [0, 0.05) is 31.4 Å². The van der Waals surface area contributed by atoms with E-state index in [0.717, 1.165) is 44.6 Å². The van der Waals surface area contributed by atoms with Crippen molar-refractivity contribution in [1.29, 1.82) is 5.26 Å². The summed E-state index contributed by atoms with van der Waals surface area (Å²) < 4.78 is 0. The minimum Gasteiger partial charge on any atom is -0.356 e. The van der Waals surface area contributed by atoms with Crippen LogP contribution >= 0.6 is 0 Å². The first-order valence-electron chi connectivity index (χ1n) is 8.41. The number of nitrogens with zero attached hydrogens (tertiary/aromatic N) is 5. The Morgan fingerprint density at radius 2 is 1.88 bits per heavy atom. The Balaban J connectivity index is 1.40. The first-order valence-corrected chi connectivity index (χ1v) is 8.41. The van der Waals surface area contributed by atoms with E-state index in [0.29, 0.717) is 5.56 Å². The molecule has 0 bridgehead atoms. The molecule has 0 spiro atoms. The molecule has 3 fully saturated rings. The second kappa shape index (κ2) is 5.78. The van der Waals surface area contributed by atoms with Crippen molar-refractivity contribution in [2.75, 3.05) is 24.5 Å². The number of carbonyl (C=O) groups excluding carboxylic acids is 2. The lowest BCUT2D eigenvalue weighted by atomic mass is 10.0. The zero-order valence-corrected chi connectivity index (χ0v) is 13.4. The second-order valence-corrected chi connectivity index (χ2v) is 6.64. The van der Waals surface area contributed by atoms with E-state index in [2.05, 4.69) is 16.0 Å². The van der Waals surface area contributed by atoms with Crippen LogP contribution < -0.4 is 4.90 Å². The summed E-state index contributed by atoms with van der Waals surface area (Å²) in [5, 5.41) is 9.00. The van der Waals surface area contributed by atoms with Crippen molar-refractivity contribution in [3.8, 4) is 6.07 Å². The van der Waals surface area contributed by atoms with Gasteiger partial charge in [-0.2, -0.15) is 5.26 Å². The van der Waals surface area contributed by atoms with Crippen LogP contribution in [0.4, 0.5) is 10.6 Å². The summed E-state index contributed by atoms with van der Waals surface area (Å²) in [5.74, 6) is 0.754. The van der Waals surface area contributed by atoms with Gasteiger partial charge in [-0.05, 0) is 37.8 Å². The molecule has 4 rings (SSSR count). The Hall–Kier alpha value is -2.62. The summed E-state index contributed by atoms with van der Waals surface area (Å²) in [6.07, 6.45) is 5.18. The minimum atomic E-state index is -0.106. The molecule has 24 heavy (non-hydrogen) atoms. The quantitative estimate of drug-likeness (QED) is 0.784. The lowest BCUT2D eigenvalue weighted by Crippen LogP contribution is -2.47. The third-order valence-corrected chi connectivity index (χ3v) is 5.04. The van der Waals surface area contributed by atoms with Gasteiger partial charge in [0.1, 0.15) is 12.4 Å². The number of aromatic nitrogens is 1. The molecule has 3 aliphatic rings. The van der Waals surface area contributed by atoms with Gasteiger partial charge in [-0.15, -0.1) is 0 Å². The number of anilines is 1. The second-order valence-electron chi connectivity index (χ2n) is 6.64. The molecular weight excluding hydrogens is 306 g/mol. The van der Waals surface area contributed by atoms with Gasteiger partial charge in [0.15, 0.2) is 0 Å². The highest BCUT2D eigenvalue weighted by Crippen LogP contribution is 2.32. The fourth-order valence-corrected chi connectivity index (χ4v) is 3.58. The normalized spacial score (nSPS) is 22.2. The number of rotatable bonds is 3. The summed E-state index contributed by atoms with van der Waals surface area (Å²) in [6.45, 7) is 1.77. The maximum absolute atomic E-state index is 12.5. The van der Waals surface area contributed by atoms with Crippen molar-refractivity contribution in [2.45, 2.75) is 37.8 Å². The molecular formula is C17H19N5O2. The maximum Gasteiger partial charge on any atom is 0.327 e. The zero-order valence-electron chi connectivity index (χ0n) is 13.4. The molecule has 1 aromatic heterocycles. The molecule has 1 aliphatic carbocycles. The SMILES string of the molecule is N#Cc1ccnc(N2CCC(N3CC(=O)N(C4CC4)C3=O)CC2)c1. The Morgan fingerprint density at radius 1 is 1.12 bits per heavy atom. The smallest absolute Gasteiger partial charge is 0.327 e. The van der Waals surface area contributed by atoms with Gasteiger partial charge in [0.2, 0.25) is 0 Å². The average Bonchev–Trinajstić information content (AvgIpc) is 3.40.